The maximum absolute atomic E-state index is 5.86. The number of rotatable bonds is 2. The Balaban J connectivity index is 2.00. The van der Waals surface area contributed by atoms with Gasteiger partial charge in [0.2, 0.25) is 0 Å². The van der Waals surface area contributed by atoms with Crippen LogP contribution in [0.15, 0.2) is 30.3 Å². The van der Waals surface area contributed by atoms with Gasteiger partial charge in [0.1, 0.15) is 0 Å². The Bertz CT molecular complexity index is 333. The minimum absolute atomic E-state index is 0.135. The van der Waals surface area contributed by atoms with Crippen LogP contribution in [-0.4, -0.2) is 19.0 Å². The lowest BCUT2D eigenvalue weighted by Crippen LogP contribution is -2.46. The van der Waals surface area contributed by atoms with Gasteiger partial charge in [-0.2, -0.15) is 0 Å². The van der Waals surface area contributed by atoms with Crippen LogP contribution in [0.4, 0.5) is 0 Å². The van der Waals surface area contributed by atoms with E-state index in [9.17, 15) is 0 Å². The molecule has 1 heterocycles. The third-order valence-electron chi connectivity index (χ3n) is 2.90. The average molecular weight is 220 g/mol. The molecule has 2 rings (SSSR count). The van der Waals surface area contributed by atoms with Gasteiger partial charge >= 0.3 is 0 Å². The van der Waals surface area contributed by atoms with Gasteiger partial charge in [-0.3, -0.25) is 0 Å². The molecule has 2 nitrogen and oxygen atoms in total. The quantitative estimate of drug-likeness (QED) is 0.762. The predicted octanol–water partition coefficient (Wildman–Crippen LogP) is 3.02. The Hall–Kier alpha value is -0.860. The highest BCUT2D eigenvalue weighted by molar-refractivity contribution is 5.16. The lowest BCUT2D eigenvalue weighted by atomic mass is 9.94. The zero-order chi connectivity index (χ0) is 11.6. The fourth-order valence-electron chi connectivity index (χ4n) is 1.85. The van der Waals surface area contributed by atoms with Crippen LogP contribution in [0.2, 0.25) is 0 Å². The Morgan fingerprint density at radius 3 is 2.12 bits per heavy atom. The molecule has 0 bridgehead atoms. The fourth-order valence-corrected chi connectivity index (χ4v) is 1.85. The molecule has 1 fully saturated rings. The van der Waals surface area contributed by atoms with E-state index in [1.54, 1.807) is 0 Å². The van der Waals surface area contributed by atoms with Crippen LogP contribution in [0.25, 0.3) is 0 Å². The first kappa shape index (κ1) is 11.6. The molecule has 1 aliphatic heterocycles. The van der Waals surface area contributed by atoms with Gasteiger partial charge in [-0.05, 0) is 12.5 Å². The van der Waals surface area contributed by atoms with Gasteiger partial charge in [-0.1, -0.05) is 44.2 Å². The second-order valence-corrected chi connectivity index (χ2v) is 5.54. The van der Waals surface area contributed by atoms with E-state index in [0.717, 1.165) is 19.6 Å². The predicted molar refractivity (Wildman–Crippen MR) is 64.2 cm³/mol. The van der Waals surface area contributed by atoms with E-state index in [4.69, 9.17) is 9.47 Å². The highest BCUT2D eigenvalue weighted by atomic mass is 16.7. The molecule has 1 aromatic rings. The molecule has 0 radical (unpaired) electrons. The first-order valence-electron chi connectivity index (χ1n) is 5.81. The van der Waals surface area contributed by atoms with Gasteiger partial charge in [0.15, 0.2) is 5.79 Å². The van der Waals surface area contributed by atoms with Crippen molar-refractivity contribution in [1.29, 1.82) is 0 Å². The van der Waals surface area contributed by atoms with E-state index in [0.29, 0.717) is 0 Å². The molecule has 88 valence electrons. The summed E-state index contributed by atoms with van der Waals surface area (Å²) in [5.41, 5.74) is 1.39. The first-order valence-corrected chi connectivity index (χ1v) is 5.81. The number of hydrogen-bond acceptors (Lipinski definition) is 2. The standard InChI is InChI=1S/C14H20O2/c1-13(2)10-15-14(3,16-11-13)9-12-7-5-4-6-8-12/h4-8H,9-11H2,1-3H3. The molecule has 0 aliphatic carbocycles. The zero-order valence-corrected chi connectivity index (χ0v) is 10.3. The van der Waals surface area contributed by atoms with E-state index < -0.39 is 5.79 Å². The summed E-state index contributed by atoms with van der Waals surface area (Å²) in [6.45, 7) is 7.87. The van der Waals surface area contributed by atoms with Crippen LogP contribution in [-0.2, 0) is 15.9 Å². The summed E-state index contributed by atoms with van der Waals surface area (Å²) >= 11 is 0. The first-order chi connectivity index (χ1) is 7.49. The molecule has 1 saturated heterocycles. The molecule has 0 unspecified atom stereocenters. The Kier molecular flexibility index (Phi) is 3.04. The zero-order valence-electron chi connectivity index (χ0n) is 10.3. The van der Waals surface area contributed by atoms with Gasteiger partial charge in [-0.15, -0.1) is 0 Å². The minimum atomic E-state index is -0.461. The Morgan fingerprint density at radius 1 is 1.00 bits per heavy atom. The molecule has 2 heteroatoms. The lowest BCUT2D eigenvalue weighted by Gasteiger charge is -2.41. The highest BCUT2D eigenvalue weighted by Crippen LogP contribution is 2.31. The Morgan fingerprint density at radius 2 is 1.56 bits per heavy atom. The van der Waals surface area contributed by atoms with E-state index in [-0.39, 0.29) is 5.41 Å². The van der Waals surface area contributed by atoms with Crippen molar-refractivity contribution in [3.05, 3.63) is 35.9 Å². The van der Waals surface area contributed by atoms with E-state index >= 15 is 0 Å². The molecule has 0 aromatic heterocycles. The average Bonchev–Trinajstić information content (AvgIpc) is 2.25. The highest BCUT2D eigenvalue weighted by Gasteiger charge is 2.36. The maximum atomic E-state index is 5.86. The van der Waals surface area contributed by atoms with Crippen molar-refractivity contribution in [1.82, 2.24) is 0 Å². The largest absolute Gasteiger partial charge is 0.349 e. The molecule has 16 heavy (non-hydrogen) atoms. The number of benzene rings is 1. The van der Waals surface area contributed by atoms with Crippen molar-refractivity contribution in [2.24, 2.45) is 5.41 Å². The SMILES string of the molecule is CC1(C)COC(C)(Cc2ccccc2)OC1. The van der Waals surface area contributed by atoms with Crippen LogP contribution in [0.3, 0.4) is 0 Å². The van der Waals surface area contributed by atoms with Crippen molar-refractivity contribution in [2.75, 3.05) is 13.2 Å². The van der Waals surface area contributed by atoms with E-state index in [1.165, 1.54) is 5.56 Å². The van der Waals surface area contributed by atoms with Crippen LogP contribution >= 0.6 is 0 Å². The summed E-state index contributed by atoms with van der Waals surface area (Å²) in [5, 5.41) is 0. The summed E-state index contributed by atoms with van der Waals surface area (Å²) in [7, 11) is 0. The summed E-state index contributed by atoms with van der Waals surface area (Å²) < 4.78 is 11.7. The second-order valence-electron chi connectivity index (χ2n) is 5.54. The van der Waals surface area contributed by atoms with Crippen LogP contribution in [0.1, 0.15) is 26.3 Å². The van der Waals surface area contributed by atoms with Crippen molar-refractivity contribution >= 4 is 0 Å². The molecule has 0 N–H and O–H groups in total. The fraction of sp³-hybridized carbons (Fsp3) is 0.571. The van der Waals surface area contributed by atoms with Gasteiger partial charge in [0.25, 0.3) is 0 Å². The molecule has 0 amide bonds. The van der Waals surface area contributed by atoms with Crippen LogP contribution in [0.5, 0.6) is 0 Å². The topological polar surface area (TPSA) is 18.5 Å². The third-order valence-corrected chi connectivity index (χ3v) is 2.90. The molecule has 1 aliphatic rings. The summed E-state index contributed by atoms with van der Waals surface area (Å²) in [4.78, 5) is 0. The number of hydrogen-bond donors (Lipinski definition) is 0. The maximum Gasteiger partial charge on any atom is 0.169 e. The monoisotopic (exact) mass is 220 g/mol. The van der Waals surface area contributed by atoms with Gasteiger partial charge < -0.3 is 9.47 Å². The molecule has 0 atom stereocenters. The lowest BCUT2D eigenvalue weighted by molar-refractivity contribution is -0.288. The van der Waals surface area contributed by atoms with Crippen LogP contribution in [0, 0.1) is 5.41 Å². The summed E-state index contributed by atoms with van der Waals surface area (Å²) in [5.74, 6) is -0.461. The molecular weight excluding hydrogens is 200 g/mol. The molecule has 0 saturated carbocycles. The van der Waals surface area contributed by atoms with E-state index in [1.807, 2.05) is 25.1 Å². The van der Waals surface area contributed by atoms with Crippen molar-refractivity contribution in [3.63, 3.8) is 0 Å². The smallest absolute Gasteiger partial charge is 0.169 e. The normalized spacial score (nSPS) is 22.9. The second kappa shape index (κ2) is 4.19. The van der Waals surface area contributed by atoms with Gasteiger partial charge in [0, 0.05) is 11.8 Å². The van der Waals surface area contributed by atoms with E-state index in [2.05, 4.69) is 26.0 Å². The van der Waals surface area contributed by atoms with Gasteiger partial charge in [-0.25, -0.2) is 0 Å². The molecular formula is C14H20O2. The molecule has 0 spiro atoms. The third kappa shape index (κ3) is 2.83. The summed E-state index contributed by atoms with van der Waals surface area (Å²) in [6.07, 6.45) is 0.809. The summed E-state index contributed by atoms with van der Waals surface area (Å²) in [6, 6.07) is 10.3. The number of ether oxygens (including phenoxy) is 2. The van der Waals surface area contributed by atoms with Gasteiger partial charge in [0.05, 0.1) is 13.2 Å². The minimum Gasteiger partial charge on any atom is -0.349 e. The molecule has 1 aromatic carbocycles. The Labute approximate surface area is 97.6 Å². The van der Waals surface area contributed by atoms with Crippen molar-refractivity contribution in [2.45, 2.75) is 33.0 Å². The van der Waals surface area contributed by atoms with Crippen LogP contribution < -0.4 is 0 Å². The van der Waals surface area contributed by atoms with Crippen molar-refractivity contribution in [3.8, 4) is 0 Å². The van der Waals surface area contributed by atoms with Crippen molar-refractivity contribution < 1.29 is 9.47 Å².